The zero-order valence-electron chi connectivity index (χ0n) is 18.8. The van der Waals surface area contributed by atoms with Crippen molar-refractivity contribution in [3.63, 3.8) is 0 Å². The lowest BCUT2D eigenvalue weighted by atomic mass is 9.97. The Balaban J connectivity index is 1.22. The number of carbonyl (C=O) groups is 1. The molecule has 0 aliphatic carbocycles. The number of rotatable bonds is 2. The van der Waals surface area contributed by atoms with Crippen molar-refractivity contribution in [3.8, 4) is 5.75 Å². The molecule has 5 nitrogen and oxygen atoms in total. The van der Waals surface area contributed by atoms with E-state index in [9.17, 15) is 4.79 Å². The lowest BCUT2D eigenvalue weighted by Crippen LogP contribution is -2.37. The summed E-state index contributed by atoms with van der Waals surface area (Å²) < 4.78 is 5.96. The first-order valence-electron chi connectivity index (χ1n) is 12.0. The number of anilines is 2. The third kappa shape index (κ3) is 3.87. The Morgan fingerprint density at radius 2 is 1.55 bits per heavy atom. The van der Waals surface area contributed by atoms with Gasteiger partial charge in [0.1, 0.15) is 12.4 Å². The topological polar surface area (TPSA) is 44.8 Å². The minimum absolute atomic E-state index is 0.117. The zero-order valence-corrected chi connectivity index (χ0v) is 18.8. The third-order valence-electron chi connectivity index (χ3n) is 7.17. The lowest BCUT2D eigenvalue weighted by molar-refractivity contribution is 0.0980. The highest BCUT2D eigenvalue weighted by atomic mass is 16.5. The van der Waals surface area contributed by atoms with Crippen LogP contribution >= 0.6 is 0 Å². The van der Waals surface area contributed by atoms with E-state index < -0.39 is 0 Å². The number of amides is 1. The molecular formula is C28H29N3O2. The van der Waals surface area contributed by atoms with E-state index in [0.717, 1.165) is 74.6 Å². The second kappa shape index (κ2) is 8.56. The summed E-state index contributed by atoms with van der Waals surface area (Å²) in [5, 5.41) is 3.40. The summed E-state index contributed by atoms with van der Waals surface area (Å²) in [5.41, 5.74) is 8.22. The van der Waals surface area contributed by atoms with Gasteiger partial charge in [0.25, 0.3) is 5.91 Å². The van der Waals surface area contributed by atoms with Crippen molar-refractivity contribution in [2.75, 3.05) is 42.6 Å². The number of hydrogen-bond donors (Lipinski definition) is 1. The van der Waals surface area contributed by atoms with Crippen molar-refractivity contribution in [2.45, 2.75) is 25.8 Å². The summed E-state index contributed by atoms with van der Waals surface area (Å²) in [5.74, 6) is 1.12. The Morgan fingerprint density at radius 3 is 2.48 bits per heavy atom. The van der Waals surface area contributed by atoms with E-state index >= 15 is 0 Å². The fraction of sp³-hybridized carbons (Fsp3) is 0.321. The number of hydrogen-bond acceptors (Lipinski definition) is 4. The molecule has 0 aromatic heterocycles. The van der Waals surface area contributed by atoms with Gasteiger partial charge in [-0.2, -0.15) is 0 Å². The fourth-order valence-corrected chi connectivity index (χ4v) is 5.29. The largest absolute Gasteiger partial charge is 0.492 e. The Kier molecular flexibility index (Phi) is 5.27. The van der Waals surface area contributed by atoms with Gasteiger partial charge in [0.2, 0.25) is 0 Å². The molecule has 0 unspecified atom stereocenters. The van der Waals surface area contributed by atoms with Crippen molar-refractivity contribution < 1.29 is 9.53 Å². The maximum atomic E-state index is 13.1. The first-order chi connectivity index (χ1) is 16.3. The molecule has 0 radical (unpaired) electrons. The van der Waals surface area contributed by atoms with E-state index in [4.69, 9.17) is 4.74 Å². The van der Waals surface area contributed by atoms with Gasteiger partial charge in [-0.15, -0.1) is 0 Å². The van der Waals surface area contributed by atoms with Gasteiger partial charge in [-0.1, -0.05) is 30.3 Å². The smallest absolute Gasteiger partial charge is 0.258 e. The molecule has 0 bridgehead atoms. The van der Waals surface area contributed by atoms with Crippen LogP contribution < -0.4 is 19.9 Å². The highest BCUT2D eigenvalue weighted by molar-refractivity contribution is 6.08. The lowest BCUT2D eigenvalue weighted by Gasteiger charge is -2.29. The molecule has 1 amide bonds. The number of fused-ring (bicyclic) bond motifs is 3. The highest BCUT2D eigenvalue weighted by Gasteiger charge is 2.26. The average molecular weight is 440 g/mol. The van der Waals surface area contributed by atoms with Gasteiger partial charge >= 0.3 is 0 Å². The minimum Gasteiger partial charge on any atom is -0.492 e. The summed E-state index contributed by atoms with van der Waals surface area (Å²) >= 11 is 0. The standard InChI is InChI=1S/C28H29N3O2/c32-28-26-4-2-1-3-21(26)11-15-31(28)25-8-5-20-9-13-30(14-10-22(20)17-25)24-7-6-23-19-29-12-16-33-27(23)18-24/h1-8,17-18,29H,9-16,19H2. The van der Waals surface area contributed by atoms with Crippen molar-refractivity contribution in [1.82, 2.24) is 5.32 Å². The Bertz CT molecular complexity index is 1210. The van der Waals surface area contributed by atoms with Crippen molar-refractivity contribution in [1.29, 1.82) is 0 Å². The molecule has 6 rings (SSSR count). The van der Waals surface area contributed by atoms with Crippen LogP contribution in [0.2, 0.25) is 0 Å². The van der Waals surface area contributed by atoms with Crippen molar-refractivity contribution >= 4 is 17.3 Å². The number of benzene rings is 3. The second-order valence-electron chi connectivity index (χ2n) is 9.12. The zero-order chi connectivity index (χ0) is 22.2. The molecule has 33 heavy (non-hydrogen) atoms. The van der Waals surface area contributed by atoms with Gasteiger partial charge in [0.05, 0.1) is 0 Å². The maximum Gasteiger partial charge on any atom is 0.258 e. The number of nitrogens with zero attached hydrogens (tertiary/aromatic N) is 2. The van der Waals surface area contributed by atoms with Crippen LogP contribution in [0.5, 0.6) is 5.75 Å². The molecular weight excluding hydrogens is 410 g/mol. The second-order valence-corrected chi connectivity index (χ2v) is 9.12. The van der Waals surface area contributed by atoms with E-state index in [1.54, 1.807) is 0 Å². The van der Waals surface area contributed by atoms with E-state index in [1.165, 1.54) is 22.4 Å². The van der Waals surface area contributed by atoms with Gasteiger partial charge in [-0.05, 0) is 60.2 Å². The summed E-state index contributed by atoms with van der Waals surface area (Å²) in [6, 6.07) is 21.2. The quantitative estimate of drug-likeness (QED) is 0.656. The first kappa shape index (κ1) is 20.3. The van der Waals surface area contributed by atoms with E-state index in [1.807, 2.05) is 23.1 Å². The molecule has 5 heteroatoms. The molecule has 0 atom stereocenters. The molecule has 3 aromatic carbocycles. The van der Waals surface area contributed by atoms with E-state index in [2.05, 4.69) is 52.7 Å². The monoisotopic (exact) mass is 439 g/mol. The molecule has 0 saturated heterocycles. The van der Waals surface area contributed by atoms with Gasteiger partial charge in [-0.25, -0.2) is 0 Å². The predicted octanol–water partition coefficient (Wildman–Crippen LogP) is 3.98. The van der Waals surface area contributed by atoms with Crippen LogP contribution in [0.25, 0.3) is 0 Å². The van der Waals surface area contributed by atoms with Gasteiger partial charge < -0.3 is 19.9 Å². The maximum absolute atomic E-state index is 13.1. The molecule has 3 aromatic rings. The number of carbonyl (C=O) groups excluding carboxylic acids is 1. The fourth-order valence-electron chi connectivity index (χ4n) is 5.29. The first-order valence-corrected chi connectivity index (χ1v) is 12.0. The molecule has 3 aliphatic heterocycles. The molecule has 168 valence electrons. The summed E-state index contributed by atoms with van der Waals surface area (Å²) in [6.45, 7) is 5.15. The predicted molar refractivity (Wildman–Crippen MR) is 132 cm³/mol. The van der Waals surface area contributed by atoms with Gasteiger partial charge in [-0.3, -0.25) is 4.79 Å². The Hall–Kier alpha value is -3.31. The molecule has 1 N–H and O–H groups in total. The summed E-state index contributed by atoms with van der Waals surface area (Å²) in [7, 11) is 0. The average Bonchev–Trinajstić information content (AvgIpc) is 3.22. The van der Waals surface area contributed by atoms with Gasteiger partial charge in [0.15, 0.2) is 0 Å². The SMILES string of the molecule is O=C1c2ccccc2CCN1c1ccc2c(c1)CCN(c1ccc3c(c1)OCCNC3)CC2. The van der Waals surface area contributed by atoms with Crippen LogP contribution in [0.3, 0.4) is 0 Å². The third-order valence-corrected chi connectivity index (χ3v) is 7.17. The summed E-state index contributed by atoms with van der Waals surface area (Å²) in [6.07, 6.45) is 2.88. The minimum atomic E-state index is 0.117. The van der Waals surface area contributed by atoms with Crippen molar-refractivity contribution in [3.05, 3.63) is 88.5 Å². The van der Waals surface area contributed by atoms with Crippen LogP contribution in [-0.2, 0) is 25.8 Å². The molecule has 0 fully saturated rings. The number of ether oxygens (including phenoxy) is 1. The molecule has 3 aliphatic rings. The Morgan fingerprint density at radius 1 is 0.758 bits per heavy atom. The van der Waals surface area contributed by atoms with Crippen molar-refractivity contribution in [2.24, 2.45) is 0 Å². The normalized spacial score (nSPS) is 17.9. The van der Waals surface area contributed by atoms with Crippen LogP contribution in [0.1, 0.15) is 32.6 Å². The van der Waals surface area contributed by atoms with Crippen LogP contribution in [-0.4, -0.2) is 38.7 Å². The Labute approximate surface area is 195 Å². The molecule has 0 saturated carbocycles. The van der Waals surface area contributed by atoms with Crippen LogP contribution in [0, 0.1) is 0 Å². The molecule has 3 heterocycles. The van der Waals surface area contributed by atoms with Gasteiger partial charge in [0, 0.05) is 61.3 Å². The van der Waals surface area contributed by atoms with Crippen LogP contribution in [0.15, 0.2) is 60.7 Å². The molecule has 0 spiro atoms. The number of nitrogens with one attached hydrogen (secondary N) is 1. The van der Waals surface area contributed by atoms with E-state index in [0.29, 0.717) is 6.61 Å². The highest BCUT2D eigenvalue weighted by Crippen LogP contribution is 2.31. The summed E-state index contributed by atoms with van der Waals surface area (Å²) in [4.78, 5) is 17.5. The van der Waals surface area contributed by atoms with Crippen LogP contribution in [0.4, 0.5) is 11.4 Å². The van der Waals surface area contributed by atoms with E-state index in [-0.39, 0.29) is 5.91 Å².